The van der Waals surface area contributed by atoms with Crippen molar-refractivity contribution in [3.05, 3.63) is 30.3 Å². The summed E-state index contributed by atoms with van der Waals surface area (Å²) < 4.78 is 30.1. The Labute approximate surface area is 168 Å². The molecular formula is C23H34O5. The lowest BCUT2D eigenvalue weighted by molar-refractivity contribution is -0.411. The van der Waals surface area contributed by atoms with Gasteiger partial charge in [0, 0.05) is 10.8 Å². The van der Waals surface area contributed by atoms with Gasteiger partial charge in [-0.05, 0) is 31.4 Å². The minimum absolute atomic E-state index is 0.0813. The second kappa shape index (κ2) is 7.94. The van der Waals surface area contributed by atoms with E-state index in [-0.39, 0.29) is 28.6 Å². The highest BCUT2D eigenvalue weighted by atomic mass is 16.7. The van der Waals surface area contributed by atoms with Crippen molar-refractivity contribution in [2.75, 3.05) is 39.6 Å². The van der Waals surface area contributed by atoms with Gasteiger partial charge >= 0.3 is 0 Å². The molecule has 3 atom stereocenters. The molecule has 0 radical (unpaired) electrons. The maximum atomic E-state index is 6.42. The van der Waals surface area contributed by atoms with Crippen LogP contribution in [0.2, 0.25) is 0 Å². The van der Waals surface area contributed by atoms with Crippen LogP contribution in [0.15, 0.2) is 30.3 Å². The third-order valence-electron chi connectivity index (χ3n) is 7.31. The summed E-state index contributed by atoms with van der Waals surface area (Å²) in [5.41, 5.74) is 0.0728. The van der Waals surface area contributed by atoms with Gasteiger partial charge in [0.1, 0.15) is 12.4 Å². The van der Waals surface area contributed by atoms with E-state index in [0.717, 1.165) is 51.4 Å². The first-order chi connectivity index (χ1) is 13.6. The van der Waals surface area contributed by atoms with E-state index in [2.05, 4.69) is 20.8 Å². The molecule has 0 N–H and O–H groups in total. The summed E-state index contributed by atoms with van der Waals surface area (Å²) in [6.07, 6.45) is 2.93. The molecule has 3 saturated heterocycles. The van der Waals surface area contributed by atoms with Crippen molar-refractivity contribution in [2.24, 2.45) is 16.2 Å². The van der Waals surface area contributed by atoms with E-state index in [0.29, 0.717) is 13.2 Å². The number of rotatable bonds is 10. The second-order valence-corrected chi connectivity index (χ2v) is 8.90. The SMILES string of the molecule is CCC1(COC2OC(C3(CC)COC3)C2(CC)COc2ccccc2)COC1. The van der Waals surface area contributed by atoms with Crippen LogP contribution < -0.4 is 4.74 Å². The van der Waals surface area contributed by atoms with Gasteiger partial charge < -0.3 is 23.7 Å². The molecule has 28 heavy (non-hydrogen) atoms. The van der Waals surface area contributed by atoms with E-state index in [1.807, 2.05) is 30.3 Å². The molecule has 3 fully saturated rings. The zero-order chi connectivity index (χ0) is 19.7. The number of para-hydroxylation sites is 1. The van der Waals surface area contributed by atoms with Gasteiger partial charge in [-0.1, -0.05) is 39.0 Å². The van der Waals surface area contributed by atoms with Crippen LogP contribution in [0.1, 0.15) is 40.0 Å². The van der Waals surface area contributed by atoms with Gasteiger partial charge in [-0.3, -0.25) is 0 Å². The van der Waals surface area contributed by atoms with Crippen LogP contribution in [0.5, 0.6) is 5.75 Å². The average Bonchev–Trinajstić information content (AvgIpc) is 2.66. The molecule has 3 aliphatic heterocycles. The maximum Gasteiger partial charge on any atom is 0.169 e. The highest BCUT2D eigenvalue weighted by Gasteiger charge is 2.66. The van der Waals surface area contributed by atoms with Crippen LogP contribution in [0.4, 0.5) is 0 Å². The molecule has 0 aromatic heterocycles. The lowest BCUT2D eigenvalue weighted by atomic mass is 9.61. The lowest BCUT2D eigenvalue weighted by Gasteiger charge is -2.63. The first-order valence-corrected chi connectivity index (χ1v) is 10.7. The summed E-state index contributed by atoms with van der Waals surface area (Å²) in [6, 6.07) is 10.0. The van der Waals surface area contributed by atoms with E-state index in [9.17, 15) is 0 Å². The molecule has 0 amide bonds. The second-order valence-electron chi connectivity index (χ2n) is 8.90. The van der Waals surface area contributed by atoms with Crippen molar-refractivity contribution >= 4 is 0 Å². The van der Waals surface area contributed by atoms with Crippen LogP contribution in [-0.2, 0) is 18.9 Å². The molecule has 5 nitrogen and oxygen atoms in total. The Balaban J connectivity index is 1.50. The largest absolute Gasteiger partial charge is 0.493 e. The lowest BCUT2D eigenvalue weighted by Crippen LogP contribution is -2.72. The molecule has 0 bridgehead atoms. The highest BCUT2D eigenvalue weighted by molar-refractivity contribution is 5.21. The Morgan fingerprint density at radius 2 is 1.61 bits per heavy atom. The smallest absolute Gasteiger partial charge is 0.169 e. The van der Waals surface area contributed by atoms with E-state index in [4.69, 9.17) is 23.7 Å². The Hall–Kier alpha value is -1.14. The number of hydrogen-bond acceptors (Lipinski definition) is 5. The predicted molar refractivity (Wildman–Crippen MR) is 106 cm³/mol. The monoisotopic (exact) mass is 390 g/mol. The van der Waals surface area contributed by atoms with Crippen molar-refractivity contribution in [1.29, 1.82) is 0 Å². The Morgan fingerprint density at radius 3 is 2.11 bits per heavy atom. The number of ether oxygens (including phenoxy) is 5. The van der Waals surface area contributed by atoms with E-state index in [1.165, 1.54) is 0 Å². The van der Waals surface area contributed by atoms with Crippen LogP contribution in [0.25, 0.3) is 0 Å². The molecule has 3 aliphatic rings. The molecule has 1 aromatic carbocycles. The topological polar surface area (TPSA) is 46.2 Å². The molecule has 0 spiro atoms. The van der Waals surface area contributed by atoms with Crippen molar-refractivity contribution in [3.8, 4) is 5.75 Å². The van der Waals surface area contributed by atoms with E-state index < -0.39 is 0 Å². The zero-order valence-electron chi connectivity index (χ0n) is 17.4. The van der Waals surface area contributed by atoms with Crippen LogP contribution in [-0.4, -0.2) is 52.0 Å². The quantitative estimate of drug-likeness (QED) is 0.603. The molecule has 4 rings (SSSR count). The fourth-order valence-electron chi connectivity index (χ4n) is 4.68. The van der Waals surface area contributed by atoms with E-state index >= 15 is 0 Å². The highest BCUT2D eigenvalue weighted by Crippen LogP contribution is 2.56. The van der Waals surface area contributed by atoms with Crippen LogP contribution in [0.3, 0.4) is 0 Å². The van der Waals surface area contributed by atoms with Gasteiger partial charge in [-0.25, -0.2) is 0 Å². The Morgan fingerprint density at radius 1 is 0.893 bits per heavy atom. The normalized spacial score (nSPS) is 32.7. The first kappa shape index (κ1) is 20.1. The summed E-state index contributed by atoms with van der Waals surface area (Å²) in [5.74, 6) is 0.896. The summed E-state index contributed by atoms with van der Waals surface area (Å²) in [4.78, 5) is 0. The molecular weight excluding hydrogens is 356 g/mol. The van der Waals surface area contributed by atoms with Crippen molar-refractivity contribution in [1.82, 2.24) is 0 Å². The third-order valence-corrected chi connectivity index (χ3v) is 7.31. The molecule has 0 saturated carbocycles. The van der Waals surface area contributed by atoms with E-state index in [1.54, 1.807) is 0 Å². The third kappa shape index (κ3) is 3.26. The van der Waals surface area contributed by atoms with Gasteiger partial charge in [-0.15, -0.1) is 0 Å². The van der Waals surface area contributed by atoms with Crippen molar-refractivity contribution in [2.45, 2.75) is 52.4 Å². The Kier molecular flexibility index (Phi) is 5.71. The van der Waals surface area contributed by atoms with Crippen molar-refractivity contribution in [3.63, 3.8) is 0 Å². The van der Waals surface area contributed by atoms with Gasteiger partial charge in [-0.2, -0.15) is 0 Å². The molecule has 156 valence electrons. The average molecular weight is 391 g/mol. The van der Waals surface area contributed by atoms with Gasteiger partial charge in [0.15, 0.2) is 6.29 Å². The first-order valence-electron chi connectivity index (χ1n) is 10.7. The van der Waals surface area contributed by atoms with Gasteiger partial charge in [0.05, 0.1) is 44.6 Å². The van der Waals surface area contributed by atoms with Gasteiger partial charge in [0.2, 0.25) is 0 Å². The van der Waals surface area contributed by atoms with Crippen molar-refractivity contribution < 1.29 is 23.7 Å². The molecule has 0 aliphatic carbocycles. The van der Waals surface area contributed by atoms with Crippen LogP contribution >= 0.6 is 0 Å². The fraction of sp³-hybridized carbons (Fsp3) is 0.739. The summed E-state index contributed by atoms with van der Waals surface area (Å²) in [5, 5.41) is 0. The van der Waals surface area contributed by atoms with Gasteiger partial charge in [0.25, 0.3) is 0 Å². The van der Waals surface area contributed by atoms with Crippen LogP contribution in [0, 0.1) is 16.2 Å². The summed E-state index contributed by atoms with van der Waals surface area (Å²) in [7, 11) is 0. The Bertz CT molecular complexity index is 627. The zero-order valence-corrected chi connectivity index (χ0v) is 17.4. The number of hydrogen-bond donors (Lipinski definition) is 0. The molecule has 3 heterocycles. The molecule has 5 heteroatoms. The maximum absolute atomic E-state index is 6.42. The fourth-order valence-corrected chi connectivity index (χ4v) is 4.68. The number of benzene rings is 1. The minimum Gasteiger partial charge on any atom is -0.493 e. The minimum atomic E-state index is -0.237. The molecule has 3 unspecified atom stereocenters. The predicted octanol–water partition coefficient (Wildman–Crippen LogP) is 4.06. The standard InChI is InChI=1S/C23H34O5/c1-4-21(12-24-13-21)14-27-20-23(6-3,17-26-18-10-8-7-9-11-18)19(28-20)22(5-2)15-25-16-22/h7-11,19-20H,4-6,12-17H2,1-3H3. The summed E-state index contributed by atoms with van der Waals surface area (Å²) in [6.45, 7) is 11.0. The molecule has 1 aromatic rings. The summed E-state index contributed by atoms with van der Waals surface area (Å²) >= 11 is 0.